The number of hydrogen-bond acceptors (Lipinski definition) is 4. The minimum absolute atomic E-state index is 0.0650. The second-order valence-corrected chi connectivity index (χ2v) is 11.1. The molecule has 2 aromatic carbocycles. The molecule has 36 heavy (non-hydrogen) atoms. The number of halogens is 1. The molecule has 0 aliphatic heterocycles. The molecule has 1 atom stereocenters. The van der Waals surface area contributed by atoms with Crippen molar-refractivity contribution in [2.24, 2.45) is 0 Å². The van der Waals surface area contributed by atoms with E-state index in [1.807, 2.05) is 45.9 Å². The molecule has 1 N–H and O–H groups in total. The number of carbonyl (C=O) groups is 2. The van der Waals surface area contributed by atoms with Gasteiger partial charge in [0.2, 0.25) is 21.8 Å². The Labute approximate surface area is 214 Å². The minimum Gasteiger partial charge on any atom is -0.354 e. The van der Waals surface area contributed by atoms with Gasteiger partial charge < -0.3 is 10.2 Å². The van der Waals surface area contributed by atoms with Crippen LogP contribution in [-0.2, 0) is 26.2 Å². The van der Waals surface area contributed by atoms with E-state index in [0.717, 1.165) is 23.8 Å². The zero-order valence-corrected chi connectivity index (χ0v) is 22.7. The largest absolute Gasteiger partial charge is 0.354 e. The third kappa shape index (κ3) is 8.62. The van der Waals surface area contributed by atoms with Crippen molar-refractivity contribution < 1.29 is 22.4 Å². The van der Waals surface area contributed by atoms with Gasteiger partial charge in [-0.15, -0.1) is 0 Å². The van der Waals surface area contributed by atoms with Gasteiger partial charge in [0.15, 0.2) is 0 Å². The smallest absolute Gasteiger partial charge is 0.242 e. The molecule has 0 aromatic heterocycles. The predicted octanol–water partition coefficient (Wildman–Crippen LogP) is 4.32. The Kier molecular flexibility index (Phi) is 10.9. The second-order valence-electron chi connectivity index (χ2n) is 9.15. The van der Waals surface area contributed by atoms with Gasteiger partial charge in [-0.3, -0.25) is 13.9 Å². The number of amides is 2. The Morgan fingerprint density at radius 1 is 1.03 bits per heavy atom. The van der Waals surface area contributed by atoms with E-state index in [1.54, 1.807) is 12.1 Å². The SMILES string of the molecule is CCCNC(=O)[C@@H](CC)N(Cc1ccc(F)cc1)C(=O)CCCN(c1cc(C)cc(C)c1)S(C)(=O)=O. The first-order valence-electron chi connectivity index (χ1n) is 12.3. The molecule has 0 unspecified atom stereocenters. The second kappa shape index (κ2) is 13.4. The third-order valence-corrected chi connectivity index (χ3v) is 7.04. The summed E-state index contributed by atoms with van der Waals surface area (Å²) < 4.78 is 39.8. The summed E-state index contributed by atoms with van der Waals surface area (Å²) in [6, 6.07) is 10.7. The number of sulfonamides is 1. The zero-order valence-electron chi connectivity index (χ0n) is 21.9. The topological polar surface area (TPSA) is 86.8 Å². The lowest BCUT2D eigenvalue weighted by atomic mass is 10.1. The molecule has 2 aromatic rings. The first-order valence-corrected chi connectivity index (χ1v) is 14.2. The van der Waals surface area contributed by atoms with Crippen molar-refractivity contribution >= 4 is 27.5 Å². The van der Waals surface area contributed by atoms with E-state index in [2.05, 4.69) is 5.32 Å². The first kappa shape index (κ1) is 29.3. The summed E-state index contributed by atoms with van der Waals surface area (Å²) in [4.78, 5) is 27.7. The quantitative estimate of drug-likeness (QED) is 0.427. The molecular weight excluding hydrogens is 481 g/mol. The maximum absolute atomic E-state index is 13.4. The van der Waals surface area contributed by atoms with Gasteiger partial charge in [0.25, 0.3) is 0 Å². The molecule has 0 aliphatic carbocycles. The summed E-state index contributed by atoms with van der Waals surface area (Å²) in [6.45, 7) is 8.40. The van der Waals surface area contributed by atoms with Crippen LogP contribution in [0.4, 0.5) is 10.1 Å². The lowest BCUT2D eigenvalue weighted by Gasteiger charge is -2.31. The van der Waals surface area contributed by atoms with E-state index in [-0.39, 0.29) is 43.6 Å². The zero-order chi connectivity index (χ0) is 26.9. The van der Waals surface area contributed by atoms with E-state index in [0.29, 0.717) is 24.2 Å². The Balaban J connectivity index is 2.22. The fourth-order valence-corrected chi connectivity index (χ4v) is 5.12. The fraction of sp³-hybridized carbons (Fsp3) is 0.481. The number of rotatable bonds is 13. The average molecular weight is 520 g/mol. The highest BCUT2D eigenvalue weighted by atomic mass is 32.2. The van der Waals surface area contributed by atoms with Crippen molar-refractivity contribution in [1.82, 2.24) is 10.2 Å². The molecule has 0 heterocycles. The van der Waals surface area contributed by atoms with Crippen LogP contribution >= 0.6 is 0 Å². The summed E-state index contributed by atoms with van der Waals surface area (Å²) >= 11 is 0. The van der Waals surface area contributed by atoms with Crippen LogP contribution in [0.15, 0.2) is 42.5 Å². The van der Waals surface area contributed by atoms with Gasteiger partial charge in [-0.25, -0.2) is 12.8 Å². The molecular formula is C27H38FN3O4S. The average Bonchev–Trinajstić information content (AvgIpc) is 2.79. The molecule has 0 bridgehead atoms. The Morgan fingerprint density at radius 2 is 1.64 bits per heavy atom. The lowest BCUT2D eigenvalue weighted by molar-refractivity contribution is -0.141. The van der Waals surface area contributed by atoms with E-state index < -0.39 is 16.1 Å². The number of hydrogen-bond donors (Lipinski definition) is 1. The van der Waals surface area contributed by atoms with Crippen LogP contribution in [0.25, 0.3) is 0 Å². The number of benzene rings is 2. The van der Waals surface area contributed by atoms with Crippen LogP contribution in [0.2, 0.25) is 0 Å². The molecule has 0 spiro atoms. The number of nitrogens with zero attached hydrogens (tertiary/aromatic N) is 2. The van der Waals surface area contributed by atoms with Crippen molar-refractivity contribution in [2.75, 3.05) is 23.7 Å². The van der Waals surface area contributed by atoms with Gasteiger partial charge in [-0.1, -0.05) is 32.0 Å². The first-order chi connectivity index (χ1) is 17.0. The summed E-state index contributed by atoms with van der Waals surface area (Å²) in [5, 5.41) is 2.86. The fourth-order valence-electron chi connectivity index (χ4n) is 4.17. The third-order valence-electron chi connectivity index (χ3n) is 5.85. The van der Waals surface area contributed by atoms with Crippen molar-refractivity contribution in [3.8, 4) is 0 Å². The predicted molar refractivity (Wildman–Crippen MR) is 142 cm³/mol. The maximum Gasteiger partial charge on any atom is 0.242 e. The number of nitrogens with one attached hydrogen (secondary N) is 1. The molecule has 7 nitrogen and oxygen atoms in total. The Bertz CT molecular complexity index is 1120. The lowest BCUT2D eigenvalue weighted by Crippen LogP contribution is -2.49. The maximum atomic E-state index is 13.4. The highest BCUT2D eigenvalue weighted by molar-refractivity contribution is 7.92. The standard InChI is InChI=1S/C27H38FN3O4S/c1-6-14-29-27(33)25(7-2)30(19-22-10-12-23(28)13-11-22)26(32)9-8-15-31(36(5,34)35)24-17-20(3)16-21(4)18-24/h10-13,16-18,25H,6-9,14-15,19H2,1-5H3,(H,29,33)/t25-/m1/s1. The van der Waals surface area contributed by atoms with Crippen molar-refractivity contribution in [3.63, 3.8) is 0 Å². The van der Waals surface area contributed by atoms with Gasteiger partial charge in [0, 0.05) is 26.1 Å². The van der Waals surface area contributed by atoms with E-state index >= 15 is 0 Å². The van der Waals surface area contributed by atoms with Crippen LogP contribution in [0.3, 0.4) is 0 Å². The molecule has 2 rings (SSSR count). The van der Waals surface area contributed by atoms with Crippen molar-refractivity contribution in [3.05, 3.63) is 65.0 Å². The molecule has 0 saturated carbocycles. The molecule has 0 saturated heterocycles. The molecule has 0 aliphatic rings. The van der Waals surface area contributed by atoms with Crippen LogP contribution in [0.1, 0.15) is 56.2 Å². The van der Waals surface area contributed by atoms with Crippen LogP contribution < -0.4 is 9.62 Å². The molecule has 0 radical (unpaired) electrons. The number of aryl methyl sites for hydroxylation is 2. The van der Waals surface area contributed by atoms with E-state index in [4.69, 9.17) is 0 Å². The summed E-state index contributed by atoms with van der Waals surface area (Å²) in [7, 11) is -3.56. The van der Waals surface area contributed by atoms with E-state index in [1.165, 1.54) is 21.3 Å². The van der Waals surface area contributed by atoms with Crippen LogP contribution in [0.5, 0.6) is 0 Å². The summed E-state index contributed by atoms with van der Waals surface area (Å²) in [5.41, 5.74) is 3.17. The normalized spacial score (nSPS) is 12.2. The Hall–Kier alpha value is -2.94. The minimum atomic E-state index is -3.56. The molecule has 0 fully saturated rings. The van der Waals surface area contributed by atoms with E-state index in [9.17, 15) is 22.4 Å². The number of carbonyl (C=O) groups excluding carboxylic acids is 2. The van der Waals surface area contributed by atoms with Crippen molar-refractivity contribution in [1.29, 1.82) is 0 Å². The monoisotopic (exact) mass is 519 g/mol. The van der Waals surface area contributed by atoms with Crippen LogP contribution in [0, 0.1) is 19.7 Å². The summed E-state index contributed by atoms with van der Waals surface area (Å²) in [5.74, 6) is -0.869. The molecule has 9 heteroatoms. The highest BCUT2D eigenvalue weighted by Crippen LogP contribution is 2.22. The van der Waals surface area contributed by atoms with Crippen LogP contribution in [-0.4, -0.2) is 50.5 Å². The van der Waals surface area contributed by atoms with Crippen molar-refractivity contribution in [2.45, 2.75) is 66.0 Å². The summed E-state index contributed by atoms with van der Waals surface area (Å²) in [6.07, 6.45) is 2.69. The van der Waals surface area contributed by atoms with Gasteiger partial charge in [0.1, 0.15) is 11.9 Å². The van der Waals surface area contributed by atoms with Gasteiger partial charge in [0.05, 0.1) is 11.9 Å². The Morgan fingerprint density at radius 3 is 2.17 bits per heavy atom. The van der Waals surface area contributed by atoms with Gasteiger partial charge in [-0.2, -0.15) is 0 Å². The van der Waals surface area contributed by atoms with Gasteiger partial charge in [-0.05, 0) is 74.1 Å². The molecule has 2 amide bonds. The highest BCUT2D eigenvalue weighted by Gasteiger charge is 2.28. The number of anilines is 1. The van der Waals surface area contributed by atoms with Gasteiger partial charge >= 0.3 is 0 Å². The molecule has 198 valence electrons.